The number of hydrogen-bond donors (Lipinski definition) is 1. The summed E-state index contributed by atoms with van der Waals surface area (Å²) in [5.74, 6) is -1.15. The number of allylic oxidation sites excluding steroid dienone is 3. The van der Waals surface area contributed by atoms with Gasteiger partial charge in [0.2, 0.25) is 5.41 Å². The highest BCUT2D eigenvalue weighted by Crippen LogP contribution is 2.57. The number of benzene rings is 1. The van der Waals surface area contributed by atoms with E-state index in [1.165, 1.54) is 6.07 Å². The van der Waals surface area contributed by atoms with Gasteiger partial charge in [-0.3, -0.25) is 0 Å². The Bertz CT molecular complexity index is 1030. The van der Waals surface area contributed by atoms with Crippen molar-refractivity contribution in [2.75, 3.05) is 0 Å². The molecule has 0 amide bonds. The van der Waals surface area contributed by atoms with Crippen molar-refractivity contribution in [2.45, 2.75) is 39.5 Å². The predicted octanol–water partition coefficient (Wildman–Crippen LogP) is 5.45. The van der Waals surface area contributed by atoms with Gasteiger partial charge in [0.1, 0.15) is 5.82 Å². The number of halogens is 2. The molecule has 2 N–H and O–H groups in total. The Labute approximate surface area is 179 Å². The lowest BCUT2D eigenvalue weighted by Crippen LogP contribution is -2.43. The zero-order valence-electron chi connectivity index (χ0n) is 16.6. The van der Waals surface area contributed by atoms with Crippen LogP contribution in [0.4, 0.5) is 4.39 Å². The number of nitrogens with two attached hydrogens (primary N) is 1. The van der Waals surface area contributed by atoms with Gasteiger partial charge in [-0.15, -0.1) is 0 Å². The van der Waals surface area contributed by atoms with Crippen LogP contribution in [-0.4, -0.2) is 0 Å². The van der Waals surface area contributed by atoms with E-state index in [4.69, 9.17) is 5.73 Å². The number of hydrogen-bond acceptors (Lipinski definition) is 4. The summed E-state index contributed by atoms with van der Waals surface area (Å²) in [5, 5.41) is 29.8. The molecular weight excluding hydrogens is 431 g/mol. The smallest absolute Gasteiger partial charge is 0.204 e. The average molecular weight is 453 g/mol. The Balaban J connectivity index is 2.34. The highest BCUT2D eigenvalue weighted by molar-refractivity contribution is 9.10. The molecule has 3 atom stereocenters. The van der Waals surface area contributed by atoms with Crippen molar-refractivity contribution in [3.8, 4) is 18.2 Å². The van der Waals surface area contributed by atoms with Crippen LogP contribution in [0.15, 0.2) is 45.6 Å². The molecule has 0 heterocycles. The predicted molar refractivity (Wildman–Crippen MR) is 111 cm³/mol. The van der Waals surface area contributed by atoms with Crippen molar-refractivity contribution in [1.29, 1.82) is 15.8 Å². The molecule has 0 saturated heterocycles. The van der Waals surface area contributed by atoms with Gasteiger partial charge < -0.3 is 5.73 Å². The maximum atomic E-state index is 14.9. The third-order valence-electron chi connectivity index (χ3n) is 6.37. The van der Waals surface area contributed by atoms with Crippen LogP contribution in [0.3, 0.4) is 0 Å². The van der Waals surface area contributed by atoms with E-state index in [0.29, 0.717) is 28.5 Å². The molecule has 3 rings (SSSR count). The molecule has 0 radical (unpaired) electrons. The van der Waals surface area contributed by atoms with Crippen molar-refractivity contribution in [3.63, 3.8) is 0 Å². The van der Waals surface area contributed by atoms with Crippen LogP contribution in [0.5, 0.6) is 0 Å². The molecule has 0 bridgehead atoms. The number of rotatable bonds is 1. The molecule has 29 heavy (non-hydrogen) atoms. The zero-order chi connectivity index (χ0) is 21.6. The average Bonchev–Trinajstić information content (AvgIpc) is 2.68. The van der Waals surface area contributed by atoms with Crippen molar-refractivity contribution in [3.05, 3.63) is 57.0 Å². The van der Waals surface area contributed by atoms with E-state index >= 15 is 0 Å². The number of fused-ring (bicyclic) bond motifs is 1. The first-order valence-electron chi connectivity index (χ1n) is 9.49. The van der Waals surface area contributed by atoms with Crippen LogP contribution in [0.25, 0.3) is 0 Å². The Kier molecular flexibility index (Phi) is 5.33. The molecule has 0 unspecified atom stereocenters. The second-order valence-electron chi connectivity index (χ2n) is 8.86. The van der Waals surface area contributed by atoms with Gasteiger partial charge >= 0.3 is 0 Å². The Morgan fingerprint density at radius 3 is 2.41 bits per heavy atom. The minimum atomic E-state index is -1.68. The normalized spacial score (nSPS) is 25.9. The van der Waals surface area contributed by atoms with Gasteiger partial charge in [0.15, 0.2) is 0 Å². The van der Waals surface area contributed by atoms with E-state index in [1.54, 1.807) is 12.1 Å². The molecule has 148 valence electrons. The fourth-order valence-corrected chi connectivity index (χ4v) is 5.04. The van der Waals surface area contributed by atoms with E-state index in [0.717, 1.165) is 0 Å². The van der Waals surface area contributed by atoms with Crippen LogP contribution in [0.1, 0.15) is 45.1 Å². The maximum Gasteiger partial charge on any atom is 0.204 e. The summed E-state index contributed by atoms with van der Waals surface area (Å²) < 4.78 is 15.6. The summed E-state index contributed by atoms with van der Waals surface area (Å²) in [5.41, 5.74) is 5.57. The molecule has 0 spiro atoms. The molecule has 6 heteroatoms. The summed E-state index contributed by atoms with van der Waals surface area (Å²) in [7, 11) is 0. The molecule has 2 aliphatic carbocycles. The Morgan fingerprint density at radius 1 is 1.21 bits per heavy atom. The third-order valence-corrected chi connectivity index (χ3v) is 6.87. The van der Waals surface area contributed by atoms with E-state index in [-0.39, 0.29) is 28.5 Å². The summed E-state index contributed by atoms with van der Waals surface area (Å²) >= 11 is 3.39. The second-order valence-corrected chi connectivity index (χ2v) is 9.77. The third kappa shape index (κ3) is 3.25. The monoisotopic (exact) mass is 452 g/mol. The van der Waals surface area contributed by atoms with Crippen molar-refractivity contribution >= 4 is 15.9 Å². The van der Waals surface area contributed by atoms with Crippen LogP contribution < -0.4 is 5.73 Å². The van der Waals surface area contributed by atoms with Gasteiger partial charge in [0, 0.05) is 10.4 Å². The van der Waals surface area contributed by atoms with Gasteiger partial charge in [-0.05, 0) is 59.4 Å². The standard InChI is InChI=1S/C23H22BrFN4/c1-22(2,3)13-4-6-18-15(8-13)20(16-9-14(24)5-7-19(16)25)17(10-26)21(29)23(18,11-27)12-28/h5-7,9,13,15,20H,4,8,29H2,1-3H3/t13-,15+,20-/m1/s1. The lowest BCUT2D eigenvalue weighted by atomic mass is 9.55. The summed E-state index contributed by atoms with van der Waals surface area (Å²) in [6.45, 7) is 6.43. The molecule has 1 aromatic rings. The number of nitrogens with zero attached hydrogens (tertiary/aromatic N) is 3. The highest BCUT2D eigenvalue weighted by Gasteiger charge is 2.53. The maximum absolute atomic E-state index is 14.9. The largest absolute Gasteiger partial charge is 0.399 e. The first-order valence-corrected chi connectivity index (χ1v) is 10.3. The van der Waals surface area contributed by atoms with Gasteiger partial charge in [0.05, 0.1) is 29.5 Å². The van der Waals surface area contributed by atoms with Crippen LogP contribution >= 0.6 is 15.9 Å². The van der Waals surface area contributed by atoms with E-state index in [9.17, 15) is 20.2 Å². The summed E-state index contributed by atoms with van der Waals surface area (Å²) in [4.78, 5) is 0. The Morgan fingerprint density at radius 2 is 1.86 bits per heavy atom. The molecule has 2 aliphatic rings. The topological polar surface area (TPSA) is 97.4 Å². The van der Waals surface area contributed by atoms with Crippen LogP contribution in [0, 0.1) is 62.5 Å². The Hall–Kier alpha value is -2.62. The fraction of sp³-hybridized carbons (Fsp3) is 0.435. The van der Waals surface area contributed by atoms with Gasteiger partial charge in [0.25, 0.3) is 0 Å². The summed E-state index contributed by atoms with van der Waals surface area (Å²) in [6.07, 6.45) is 3.29. The minimum Gasteiger partial charge on any atom is -0.399 e. The van der Waals surface area contributed by atoms with E-state index < -0.39 is 17.2 Å². The fourth-order valence-electron chi connectivity index (χ4n) is 4.66. The SMILES string of the molecule is CC(C)(C)[C@@H]1CC=C2[C@H](C1)[C@H](c1cc(Br)ccc1F)C(C#N)=C(N)C2(C#N)C#N. The lowest BCUT2D eigenvalue weighted by Gasteiger charge is -2.46. The van der Waals surface area contributed by atoms with Crippen molar-refractivity contribution in [1.82, 2.24) is 0 Å². The summed E-state index contributed by atoms with van der Waals surface area (Å²) in [6, 6.07) is 10.9. The van der Waals surface area contributed by atoms with Gasteiger partial charge in [-0.2, -0.15) is 15.8 Å². The molecule has 1 aromatic carbocycles. The molecule has 0 fully saturated rings. The highest BCUT2D eigenvalue weighted by atomic mass is 79.9. The first kappa shape index (κ1) is 21.1. The quantitative estimate of drug-likeness (QED) is 0.572. The van der Waals surface area contributed by atoms with Crippen LogP contribution in [0.2, 0.25) is 0 Å². The second kappa shape index (κ2) is 7.33. The van der Waals surface area contributed by atoms with Gasteiger partial charge in [-0.25, -0.2) is 4.39 Å². The molecular formula is C23H22BrFN4. The molecule has 4 nitrogen and oxygen atoms in total. The lowest BCUT2D eigenvalue weighted by molar-refractivity contribution is 0.179. The van der Waals surface area contributed by atoms with Crippen molar-refractivity contribution in [2.24, 2.45) is 28.4 Å². The minimum absolute atomic E-state index is 0.0101. The van der Waals surface area contributed by atoms with Gasteiger partial charge in [-0.1, -0.05) is 42.8 Å². The van der Waals surface area contributed by atoms with E-state index in [1.807, 2.05) is 6.08 Å². The molecule has 0 saturated carbocycles. The van der Waals surface area contributed by atoms with Crippen molar-refractivity contribution < 1.29 is 4.39 Å². The number of nitriles is 3. The molecule has 0 aliphatic heterocycles. The van der Waals surface area contributed by atoms with E-state index in [2.05, 4.69) is 54.9 Å². The molecule has 0 aromatic heterocycles. The zero-order valence-corrected chi connectivity index (χ0v) is 18.2. The first-order chi connectivity index (χ1) is 13.6. The van der Waals surface area contributed by atoms with Crippen LogP contribution in [-0.2, 0) is 0 Å².